The molecule has 1 heterocycles. The van der Waals surface area contributed by atoms with Crippen LogP contribution in [0.3, 0.4) is 0 Å². The molecule has 0 saturated carbocycles. The molecule has 0 saturated heterocycles. The summed E-state index contributed by atoms with van der Waals surface area (Å²) in [6, 6.07) is 4.82. The second-order valence-corrected chi connectivity index (χ2v) is 4.22. The molecule has 1 N–H and O–H groups in total. The Morgan fingerprint density at radius 1 is 1.40 bits per heavy atom. The lowest BCUT2D eigenvalue weighted by atomic mass is 10.1. The van der Waals surface area contributed by atoms with Crippen LogP contribution < -0.4 is 5.32 Å². The molecule has 0 atom stereocenters. The third kappa shape index (κ3) is 2.91. The van der Waals surface area contributed by atoms with Crippen LogP contribution in [0.4, 0.5) is 18.9 Å². The van der Waals surface area contributed by atoms with Crippen molar-refractivity contribution in [3.8, 4) is 6.07 Å². The van der Waals surface area contributed by atoms with E-state index in [4.69, 9.17) is 5.26 Å². The Kier molecular flexibility index (Phi) is 3.66. The largest absolute Gasteiger partial charge is 0.416 e. The van der Waals surface area contributed by atoms with Crippen molar-refractivity contribution in [3.63, 3.8) is 0 Å². The first-order valence-electron chi connectivity index (χ1n) is 5.72. The molecule has 4 nitrogen and oxygen atoms in total. The molecule has 1 aromatic heterocycles. The molecule has 0 radical (unpaired) electrons. The molecule has 2 aromatic rings. The van der Waals surface area contributed by atoms with Gasteiger partial charge < -0.3 is 9.88 Å². The van der Waals surface area contributed by atoms with E-state index in [-0.39, 0.29) is 5.56 Å². The first-order valence-corrected chi connectivity index (χ1v) is 5.72. The highest BCUT2D eigenvalue weighted by molar-refractivity contribution is 5.59. The minimum atomic E-state index is -4.45. The number of nitrogens with zero attached hydrogens (tertiary/aromatic N) is 3. The zero-order valence-electron chi connectivity index (χ0n) is 10.6. The maximum Gasteiger partial charge on any atom is 0.416 e. The van der Waals surface area contributed by atoms with Crippen LogP contribution >= 0.6 is 0 Å². The normalized spacial score (nSPS) is 11.2. The lowest BCUT2D eigenvalue weighted by Crippen LogP contribution is -2.08. The molecule has 2 rings (SSSR count). The van der Waals surface area contributed by atoms with Gasteiger partial charge in [-0.3, -0.25) is 0 Å². The summed E-state index contributed by atoms with van der Waals surface area (Å²) in [6.45, 7) is 0.372. The number of hydrogen-bond donors (Lipinski definition) is 1. The average molecular weight is 280 g/mol. The molecule has 0 spiro atoms. The van der Waals surface area contributed by atoms with E-state index in [1.165, 1.54) is 6.07 Å². The van der Waals surface area contributed by atoms with Crippen LogP contribution in [0.25, 0.3) is 0 Å². The SMILES string of the molecule is Cn1cncc1CNc1ccc(C(F)(F)F)cc1C#N. The molecule has 0 aliphatic carbocycles. The summed E-state index contributed by atoms with van der Waals surface area (Å²) in [4.78, 5) is 3.93. The van der Waals surface area contributed by atoms with Gasteiger partial charge in [-0.15, -0.1) is 0 Å². The zero-order valence-corrected chi connectivity index (χ0v) is 10.6. The Hall–Kier alpha value is -2.49. The molecular weight excluding hydrogens is 269 g/mol. The second kappa shape index (κ2) is 5.25. The van der Waals surface area contributed by atoms with Crippen LogP contribution in [0.1, 0.15) is 16.8 Å². The van der Waals surface area contributed by atoms with Gasteiger partial charge >= 0.3 is 6.18 Å². The van der Waals surface area contributed by atoms with Crippen LogP contribution in [0, 0.1) is 11.3 Å². The predicted octanol–water partition coefficient (Wildman–Crippen LogP) is 2.92. The summed E-state index contributed by atoms with van der Waals surface area (Å²) in [6.07, 6.45) is -1.19. The van der Waals surface area contributed by atoms with Crippen LogP contribution in [0.5, 0.6) is 0 Å². The summed E-state index contributed by atoms with van der Waals surface area (Å²) < 4.78 is 39.5. The summed E-state index contributed by atoms with van der Waals surface area (Å²) in [7, 11) is 1.81. The maximum absolute atomic E-state index is 12.6. The topological polar surface area (TPSA) is 53.6 Å². The number of anilines is 1. The second-order valence-electron chi connectivity index (χ2n) is 4.22. The number of nitrogens with one attached hydrogen (secondary N) is 1. The summed E-state index contributed by atoms with van der Waals surface area (Å²) >= 11 is 0. The number of benzene rings is 1. The molecule has 0 aliphatic heterocycles. The summed E-state index contributed by atoms with van der Waals surface area (Å²) in [5, 5.41) is 11.9. The highest BCUT2D eigenvalue weighted by Crippen LogP contribution is 2.31. The van der Waals surface area contributed by atoms with Crippen molar-refractivity contribution >= 4 is 5.69 Å². The van der Waals surface area contributed by atoms with E-state index in [2.05, 4.69) is 10.3 Å². The van der Waals surface area contributed by atoms with Crippen molar-refractivity contribution < 1.29 is 13.2 Å². The standard InChI is InChI=1S/C13H11F3N4/c1-20-8-18-6-11(20)7-19-12-3-2-10(13(14,15)16)4-9(12)5-17/h2-4,6,8,19H,7H2,1H3. The molecule has 20 heavy (non-hydrogen) atoms. The van der Waals surface area contributed by atoms with Crippen LogP contribution in [0.2, 0.25) is 0 Å². The fourth-order valence-electron chi connectivity index (χ4n) is 1.71. The van der Waals surface area contributed by atoms with E-state index < -0.39 is 11.7 Å². The first-order chi connectivity index (χ1) is 9.41. The lowest BCUT2D eigenvalue weighted by Gasteiger charge is -2.11. The first kappa shape index (κ1) is 13.9. The highest BCUT2D eigenvalue weighted by atomic mass is 19.4. The molecule has 0 unspecified atom stereocenters. The van der Waals surface area contributed by atoms with Gasteiger partial charge in [0.15, 0.2) is 0 Å². The minimum Gasteiger partial charge on any atom is -0.378 e. The molecule has 0 aliphatic rings. The van der Waals surface area contributed by atoms with Crippen molar-refractivity contribution in [2.24, 2.45) is 7.05 Å². The van der Waals surface area contributed by atoms with E-state index in [9.17, 15) is 13.2 Å². The van der Waals surface area contributed by atoms with Gasteiger partial charge in [-0.25, -0.2) is 4.98 Å². The van der Waals surface area contributed by atoms with Crippen molar-refractivity contribution in [2.75, 3.05) is 5.32 Å². The Labute approximate surface area is 113 Å². The van der Waals surface area contributed by atoms with Crippen LogP contribution in [-0.2, 0) is 19.8 Å². The number of imidazole rings is 1. The van der Waals surface area contributed by atoms with Gasteiger partial charge in [0.05, 0.1) is 35.4 Å². The van der Waals surface area contributed by atoms with Gasteiger partial charge in [0, 0.05) is 13.2 Å². The van der Waals surface area contributed by atoms with Crippen molar-refractivity contribution in [1.29, 1.82) is 5.26 Å². The third-order valence-electron chi connectivity index (χ3n) is 2.84. The van der Waals surface area contributed by atoms with Crippen LogP contribution in [-0.4, -0.2) is 9.55 Å². The van der Waals surface area contributed by atoms with Gasteiger partial charge in [0.2, 0.25) is 0 Å². The lowest BCUT2D eigenvalue weighted by molar-refractivity contribution is -0.137. The zero-order chi connectivity index (χ0) is 14.8. The number of rotatable bonds is 3. The quantitative estimate of drug-likeness (QED) is 0.940. The Morgan fingerprint density at radius 3 is 2.70 bits per heavy atom. The Balaban J connectivity index is 2.21. The summed E-state index contributed by atoms with van der Waals surface area (Å²) in [5.74, 6) is 0. The number of halogens is 3. The molecule has 0 bridgehead atoms. The predicted molar refractivity (Wildman–Crippen MR) is 66.7 cm³/mol. The number of aryl methyl sites for hydroxylation is 1. The average Bonchev–Trinajstić information content (AvgIpc) is 2.80. The van der Waals surface area contributed by atoms with E-state index in [1.54, 1.807) is 23.2 Å². The Morgan fingerprint density at radius 2 is 2.15 bits per heavy atom. The molecule has 0 amide bonds. The van der Waals surface area contributed by atoms with Gasteiger partial charge in [-0.1, -0.05) is 0 Å². The van der Waals surface area contributed by atoms with Crippen molar-refractivity contribution in [3.05, 3.63) is 47.5 Å². The highest BCUT2D eigenvalue weighted by Gasteiger charge is 2.31. The van der Waals surface area contributed by atoms with E-state index in [1.807, 2.05) is 7.05 Å². The number of aromatic nitrogens is 2. The Bertz CT molecular complexity index is 652. The monoisotopic (exact) mass is 280 g/mol. The molecule has 0 fully saturated rings. The molecule has 7 heteroatoms. The van der Waals surface area contributed by atoms with Gasteiger partial charge in [-0.2, -0.15) is 18.4 Å². The smallest absolute Gasteiger partial charge is 0.378 e. The number of alkyl halides is 3. The van der Waals surface area contributed by atoms with E-state index in [0.29, 0.717) is 12.2 Å². The van der Waals surface area contributed by atoms with Gasteiger partial charge in [0.1, 0.15) is 6.07 Å². The van der Waals surface area contributed by atoms with Crippen molar-refractivity contribution in [2.45, 2.75) is 12.7 Å². The maximum atomic E-state index is 12.6. The van der Waals surface area contributed by atoms with Gasteiger partial charge in [-0.05, 0) is 18.2 Å². The minimum absolute atomic E-state index is 0.0398. The molecule has 104 valence electrons. The van der Waals surface area contributed by atoms with Crippen LogP contribution in [0.15, 0.2) is 30.7 Å². The van der Waals surface area contributed by atoms with Crippen molar-refractivity contribution in [1.82, 2.24) is 9.55 Å². The number of hydrogen-bond acceptors (Lipinski definition) is 3. The fourth-order valence-corrected chi connectivity index (χ4v) is 1.71. The van der Waals surface area contributed by atoms with E-state index in [0.717, 1.165) is 17.8 Å². The number of nitriles is 1. The molecule has 1 aromatic carbocycles. The van der Waals surface area contributed by atoms with E-state index >= 15 is 0 Å². The van der Waals surface area contributed by atoms with Gasteiger partial charge in [0.25, 0.3) is 0 Å². The fraction of sp³-hybridized carbons (Fsp3) is 0.231. The third-order valence-corrected chi connectivity index (χ3v) is 2.84. The summed E-state index contributed by atoms with van der Waals surface area (Å²) in [5.41, 5.74) is 0.345. The molecular formula is C13H11F3N4.